The minimum atomic E-state index is -4.05. The molecule has 18 heavy (non-hydrogen) atoms. The van der Waals surface area contributed by atoms with Crippen LogP contribution >= 0.6 is 0 Å². The van der Waals surface area contributed by atoms with E-state index in [2.05, 4.69) is 19.2 Å². The fraction of sp³-hybridized carbons (Fsp3) is 1.00. The van der Waals surface area contributed by atoms with E-state index in [1.165, 1.54) is 0 Å². The summed E-state index contributed by atoms with van der Waals surface area (Å²) in [5.41, 5.74) is -0.00271. The van der Waals surface area contributed by atoms with E-state index in [1.54, 1.807) is 0 Å². The lowest BCUT2D eigenvalue weighted by Crippen LogP contribution is -2.63. The Morgan fingerprint density at radius 2 is 1.83 bits per heavy atom. The molecule has 0 aliphatic carbocycles. The van der Waals surface area contributed by atoms with E-state index in [-0.39, 0.29) is 18.1 Å². The van der Waals surface area contributed by atoms with Gasteiger partial charge < -0.3 is 5.32 Å². The predicted octanol–water partition coefficient (Wildman–Crippen LogP) is 3.18. The van der Waals surface area contributed by atoms with Gasteiger partial charge in [-0.25, -0.2) is 0 Å². The summed E-state index contributed by atoms with van der Waals surface area (Å²) in [4.78, 5) is 2.02. The van der Waals surface area contributed by atoms with E-state index in [9.17, 15) is 13.2 Å². The fourth-order valence-corrected chi connectivity index (χ4v) is 2.70. The first-order valence-corrected chi connectivity index (χ1v) is 6.91. The molecule has 1 atom stereocenters. The van der Waals surface area contributed by atoms with Crippen molar-refractivity contribution in [2.24, 2.45) is 0 Å². The molecule has 1 unspecified atom stereocenters. The number of nitrogens with one attached hydrogen (secondary N) is 1. The highest BCUT2D eigenvalue weighted by atomic mass is 19.4. The lowest BCUT2D eigenvalue weighted by molar-refractivity contribution is -0.140. The summed E-state index contributed by atoms with van der Waals surface area (Å²) in [5, 5.41) is 3.54. The molecule has 1 fully saturated rings. The van der Waals surface area contributed by atoms with Crippen molar-refractivity contribution in [3.05, 3.63) is 0 Å². The van der Waals surface area contributed by atoms with Gasteiger partial charge in [0.1, 0.15) is 0 Å². The zero-order valence-electron chi connectivity index (χ0n) is 11.6. The molecule has 108 valence electrons. The van der Waals surface area contributed by atoms with Gasteiger partial charge in [-0.05, 0) is 19.3 Å². The van der Waals surface area contributed by atoms with Crippen LogP contribution < -0.4 is 5.32 Å². The maximum Gasteiger partial charge on any atom is 0.390 e. The normalized spacial score (nSPS) is 25.3. The number of halogens is 3. The van der Waals surface area contributed by atoms with Crippen molar-refractivity contribution >= 4 is 0 Å². The van der Waals surface area contributed by atoms with Crippen molar-refractivity contribution in [3.8, 4) is 0 Å². The van der Waals surface area contributed by atoms with Crippen molar-refractivity contribution in [3.63, 3.8) is 0 Å². The molecular weight excluding hydrogens is 241 g/mol. The third-order valence-corrected chi connectivity index (χ3v) is 4.24. The average molecular weight is 266 g/mol. The molecule has 1 N–H and O–H groups in total. The van der Waals surface area contributed by atoms with Crippen LogP contribution in [0.5, 0.6) is 0 Å². The molecule has 1 aliphatic heterocycles. The van der Waals surface area contributed by atoms with Crippen LogP contribution in [0.15, 0.2) is 0 Å². The first-order chi connectivity index (χ1) is 8.36. The average Bonchev–Trinajstić information content (AvgIpc) is 2.35. The summed E-state index contributed by atoms with van der Waals surface area (Å²) in [7, 11) is 0. The van der Waals surface area contributed by atoms with Crippen molar-refractivity contribution in [1.29, 1.82) is 0 Å². The molecule has 0 radical (unpaired) electrons. The molecule has 0 aromatic heterocycles. The Labute approximate surface area is 108 Å². The van der Waals surface area contributed by atoms with Crippen molar-refractivity contribution in [2.75, 3.05) is 19.6 Å². The molecule has 1 aliphatic rings. The second-order valence-corrected chi connectivity index (χ2v) is 5.27. The van der Waals surface area contributed by atoms with E-state index in [0.717, 1.165) is 32.4 Å². The Balaban J connectivity index is 2.64. The molecular formula is C13H25F3N2. The summed E-state index contributed by atoms with van der Waals surface area (Å²) >= 11 is 0. The maximum atomic E-state index is 12.4. The van der Waals surface area contributed by atoms with E-state index >= 15 is 0 Å². The zero-order chi connectivity index (χ0) is 13.8. The van der Waals surface area contributed by atoms with Crippen molar-refractivity contribution in [2.45, 2.75) is 64.2 Å². The number of hydrogen-bond donors (Lipinski definition) is 1. The molecule has 0 spiro atoms. The van der Waals surface area contributed by atoms with Crippen LogP contribution in [0, 0.1) is 0 Å². The highest BCUT2D eigenvalue weighted by Crippen LogP contribution is 2.26. The Kier molecular flexibility index (Phi) is 5.46. The lowest BCUT2D eigenvalue weighted by Gasteiger charge is -2.47. The van der Waals surface area contributed by atoms with Crippen LogP contribution in [0.2, 0.25) is 0 Å². The minimum Gasteiger partial charge on any atom is -0.308 e. The molecule has 2 nitrogen and oxygen atoms in total. The van der Waals surface area contributed by atoms with E-state index in [4.69, 9.17) is 0 Å². The molecule has 0 amide bonds. The summed E-state index contributed by atoms with van der Waals surface area (Å²) in [5.74, 6) is 0. The van der Waals surface area contributed by atoms with Gasteiger partial charge in [0.15, 0.2) is 0 Å². The Hall–Kier alpha value is -0.290. The van der Waals surface area contributed by atoms with Gasteiger partial charge >= 0.3 is 6.18 Å². The van der Waals surface area contributed by atoms with Crippen LogP contribution in [0.25, 0.3) is 0 Å². The number of alkyl halides is 3. The van der Waals surface area contributed by atoms with Crippen LogP contribution in [0.1, 0.15) is 46.5 Å². The molecule has 1 heterocycles. The largest absolute Gasteiger partial charge is 0.390 e. The zero-order valence-corrected chi connectivity index (χ0v) is 11.6. The quantitative estimate of drug-likeness (QED) is 0.822. The molecule has 1 saturated heterocycles. The Bertz CT molecular complexity index is 249. The Morgan fingerprint density at radius 3 is 2.28 bits per heavy atom. The van der Waals surface area contributed by atoms with E-state index < -0.39 is 12.6 Å². The first-order valence-electron chi connectivity index (χ1n) is 6.91. The second-order valence-electron chi connectivity index (χ2n) is 5.27. The van der Waals surface area contributed by atoms with E-state index in [0.29, 0.717) is 0 Å². The standard InChI is InChI=1S/C13H25F3N2/c1-4-11-9-17-12(5-2,6-3)10-18(11)8-7-13(14,15)16/h11,17H,4-10H2,1-3H3. The molecule has 0 bridgehead atoms. The van der Waals surface area contributed by atoms with Gasteiger partial charge in [-0.3, -0.25) is 4.90 Å². The van der Waals surface area contributed by atoms with Crippen LogP contribution in [-0.2, 0) is 0 Å². The highest BCUT2D eigenvalue weighted by Gasteiger charge is 2.37. The topological polar surface area (TPSA) is 15.3 Å². The smallest absolute Gasteiger partial charge is 0.308 e. The molecule has 1 rings (SSSR count). The van der Waals surface area contributed by atoms with Crippen LogP contribution in [0.4, 0.5) is 13.2 Å². The SMILES string of the molecule is CCC1CNC(CC)(CC)CN1CCC(F)(F)F. The van der Waals surface area contributed by atoms with Crippen LogP contribution in [-0.4, -0.2) is 42.3 Å². The third kappa shape index (κ3) is 4.12. The Morgan fingerprint density at radius 1 is 1.22 bits per heavy atom. The summed E-state index contributed by atoms with van der Waals surface area (Å²) in [6, 6.07) is 0.235. The van der Waals surface area contributed by atoms with Crippen molar-refractivity contribution < 1.29 is 13.2 Å². The van der Waals surface area contributed by atoms with Gasteiger partial charge in [0.25, 0.3) is 0 Å². The molecule has 0 aromatic rings. The lowest BCUT2D eigenvalue weighted by atomic mass is 9.88. The molecule has 5 heteroatoms. The van der Waals surface area contributed by atoms with Gasteiger partial charge in [0.2, 0.25) is 0 Å². The monoisotopic (exact) mass is 266 g/mol. The number of hydrogen-bond acceptors (Lipinski definition) is 2. The highest BCUT2D eigenvalue weighted by molar-refractivity contribution is 4.96. The number of nitrogens with zero attached hydrogens (tertiary/aromatic N) is 1. The maximum absolute atomic E-state index is 12.4. The molecule has 0 saturated carbocycles. The van der Waals surface area contributed by atoms with Gasteiger partial charge in [0.05, 0.1) is 6.42 Å². The predicted molar refractivity (Wildman–Crippen MR) is 67.6 cm³/mol. The second kappa shape index (κ2) is 6.24. The van der Waals surface area contributed by atoms with Gasteiger partial charge in [-0.15, -0.1) is 0 Å². The van der Waals surface area contributed by atoms with Gasteiger partial charge in [-0.2, -0.15) is 13.2 Å². The third-order valence-electron chi connectivity index (χ3n) is 4.24. The summed E-state index contributed by atoms with van der Waals surface area (Å²) < 4.78 is 37.1. The summed E-state index contributed by atoms with van der Waals surface area (Å²) in [6.07, 6.45) is -1.93. The van der Waals surface area contributed by atoms with Crippen molar-refractivity contribution in [1.82, 2.24) is 10.2 Å². The number of rotatable bonds is 5. The van der Waals surface area contributed by atoms with Crippen LogP contribution in [0.3, 0.4) is 0 Å². The molecule has 0 aromatic carbocycles. The number of piperazine rings is 1. The van der Waals surface area contributed by atoms with E-state index in [1.807, 2.05) is 11.8 Å². The fourth-order valence-electron chi connectivity index (χ4n) is 2.70. The summed E-state index contributed by atoms with van der Waals surface area (Å²) in [6.45, 7) is 7.91. The van der Waals surface area contributed by atoms with Gasteiger partial charge in [0, 0.05) is 31.2 Å². The van der Waals surface area contributed by atoms with Gasteiger partial charge in [-0.1, -0.05) is 20.8 Å². The first kappa shape index (κ1) is 15.8. The minimum absolute atomic E-state index is 0.00271.